The van der Waals surface area contributed by atoms with Gasteiger partial charge in [0.15, 0.2) is 11.5 Å². The highest BCUT2D eigenvalue weighted by molar-refractivity contribution is 6.03. The fraction of sp³-hybridized carbons (Fsp3) is 0.217. The van der Waals surface area contributed by atoms with Crippen molar-refractivity contribution in [1.29, 1.82) is 0 Å². The number of nitrogens with zero attached hydrogens (tertiary/aromatic N) is 1. The minimum absolute atomic E-state index is 0.156. The summed E-state index contributed by atoms with van der Waals surface area (Å²) < 4.78 is 12.0. The van der Waals surface area contributed by atoms with Gasteiger partial charge in [0.1, 0.15) is 11.3 Å². The number of benzene rings is 2. The number of hydrogen-bond acceptors (Lipinski definition) is 5. The van der Waals surface area contributed by atoms with Gasteiger partial charge in [0.2, 0.25) is 0 Å². The molecule has 0 fully saturated rings. The number of rotatable bonds is 7. The molecule has 30 heavy (non-hydrogen) atoms. The molecule has 7 nitrogen and oxygen atoms in total. The molecule has 0 aliphatic heterocycles. The van der Waals surface area contributed by atoms with Crippen molar-refractivity contribution in [3.8, 4) is 17.2 Å². The summed E-state index contributed by atoms with van der Waals surface area (Å²) in [6.07, 6.45) is 1.54. The van der Waals surface area contributed by atoms with Gasteiger partial charge in [-0.3, -0.25) is 9.59 Å². The van der Waals surface area contributed by atoms with Crippen LogP contribution in [0.3, 0.4) is 0 Å². The zero-order valence-electron chi connectivity index (χ0n) is 17.2. The molecule has 1 heterocycles. The molecule has 2 aromatic carbocycles. The summed E-state index contributed by atoms with van der Waals surface area (Å²) >= 11 is 0. The molecule has 3 aromatic rings. The van der Waals surface area contributed by atoms with Gasteiger partial charge in [-0.05, 0) is 18.6 Å². The van der Waals surface area contributed by atoms with Gasteiger partial charge in [-0.1, -0.05) is 35.9 Å². The van der Waals surface area contributed by atoms with Crippen LogP contribution in [0, 0.1) is 6.92 Å². The van der Waals surface area contributed by atoms with Gasteiger partial charge in [-0.15, -0.1) is 6.58 Å². The zero-order valence-corrected chi connectivity index (χ0v) is 17.2. The Morgan fingerprint density at radius 1 is 1.17 bits per heavy atom. The summed E-state index contributed by atoms with van der Waals surface area (Å²) in [5.41, 5.74) is 1.45. The van der Waals surface area contributed by atoms with Gasteiger partial charge in [0, 0.05) is 24.5 Å². The number of hydrogen-bond donors (Lipinski definition) is 2. The second-order valence-electron chi connectivity index (χ2n) is 6.82. The van der Waals surface area contributed by atoms with E-state index in [1.165, 1.54) is 18.8 Å². The van der Waals surface area contributed by atoms with Crippen molar-refractivity contribution in [2.75, 3.05) is 14.2 Å². The molecule has 1 aromatic heterocycles. The summed E-state index contributed by atoms with van der Waals surface area (Å²) in [4.78, 5) is 25.9. The van der Waals surface area contributed by atoms with Crippen LogP contribution in [0.1, 0.15) is 21.5 Å². The van der Waals surface area contributed by atoms with Crippen LogP contribution >= 0.6 is 0 Å². The smallest absolute Gasteiger partial charge is 0.268 e. The summed E-state index contributed by atoms with van der Waals surface area (Å²) in [6, 6.07) is 10.8. The standard InChI is InChI=1S/C23H24N2O5/c1-5-10-25-17-12-19(30-4)18(29-3)11-16(17)21(26)20(23(25)28)22(27)24-13-15-8-6-14(2)7-9-15/h5-9,11-12,26H,1,10,13H2,2-4H3,(H,24,27). The molecule has 0 atom stereocenters. The van der Waals surface area contributed by atoms with Crippen molar-refractivity contribution >= 4 is 16.8 Å². The van der Waals surface area contributed by atoms with Crippen molar-refractivity contribution in [3.05, 3.63) is 76.1 Å². The van der Waals surface area contributed by atoms with Crippen LogP contribution < -0.4 is 20.3 Å². The molecule has 3 rings (SSSR count). The quantitative estimate of drug-likeness (QED) is 0.586. The number of aromatic hydroxyl groups is 1. The Labute approximate surface area is 174 Å². The number of methoxy groups -OCH3 is 2. The SMILES string of the molecule is C=CCn1c(=O)c(C(=O)NCc2ccc(C)cc2)c(O)c2cc(OC)c(OC)cc21. The number of carbonyl (C=O) groups excluding carboxylic acids is 1. The van der Waals surface area contributed by atoms with E-state index in [0.29, 0.717) is 22.4 Å². The van der Waals surface area contributed by atoms with E-state index < -0.39 is 17.2 Å². The van der Waals surface area contributed by atoms with Crippen LogP contribution in [-0.4, -0.2) is 29.8 Å². The van der Waals surface area contributed by atoms with Gasteiger partial charge >= 0.3 is 0 Å². The maximum Gasteiger partial charge on any atom is 0.268 e. The zero-order chi connectivity index (χ0) is 21.8. The van der Waals surface area contributed by atoms with Crippen LogP contribution in [0.5, 0.6) is 17.2 Å². The Hall–Kier alpha value is -3.74. The predicted molar refractivity (Wildman–Crippen MR) is 116 cm³/mol. The second kappa shape index (κ2) is 8.73. The molecule has 0 bridgehead atoms. The molecule has 0 radical (unpaired) electrons. The lowest BCUT2D eigenvalue weighted by molar-refractivity contribution is 0.0946. The molecule has 0 saturated carbocycles. The van der Waals surface area contributed by atoms with Crippen LogP contribution in [0.25, 0.3) is 10.9 Å². The predicted octanol–water partition coefficient (Wildman–Crippen LogP) is 3.15. The van der Waals surface area contributed by atoms with Crippen molar-refractivity contribution in [2.45, 2.75) is 20.0 Å². The fourth-order valence-electron chi connectivity index (χ4n) is 3.25. The largest absolute Gasteiger partial charge is 0.506 e. The molecular formula is C23H24N2O5. The lowest BCUT2D eigenvalue weighted by Gasteiger charge is -2.16. The van der Waals surface area contributed by atoms with Crippen molar-refractivity contribution in [1.82, 2.24) is 9.88 Å². The molecule has 156 valence electrons. The molecule has 2 N–H and O–H groups in total. The summed E-state index contributed by atoms with van der Waals surface area (Å²) in [6.45, 7) is 6.04. The highest BCUT2D eigenvalue weighted by Gasteiger charge is 2.23. The first kappa shape index (κ1) is 21.0. The Morgan fingerprint density at radius 3 is 2.40 bits per heavy atom. The first-order valence-corrected chi connectivity index (χ1v) is 9.37. The number of carbonyl (C=O) groups is 1. The number of amides is 1. The number of ether oxygens (including phenoxy) is 2. The third-order valence-electron chi connectivity index (χ3n) is 4.86. The number of aryl methyl sites for hydroxylation is 1. The molecule has 1 amide bonds. The molecule has 0 aliphatic carbocycles. The van der Waals surface area contributed by atoms with E-state index in [9.17, 15) is 14.7 Å². The third-order valence-corrected chi connectivity index (χ3v) is 4.86. The minimum Gasteiger partial charge on any atom is -0.506 e. The van der Waals surface area contributed by atoms with E-state index in [-0.39, 0.29) is 18.7 Å². The highest BCUT2D eigenvalue weighted by atomic mass is 16.5. The molecule has 0 spiro atoms. The number of fused-ring (bicyclic) bond motifs is 1. The van der Waals surface area contributed by atoms with Gasteiger partial charge in [0.25, 0.3) is 11.5 Å². The average molecular weight is 408 g/mol. The maximum atomic E-state index is 13.1. The molecule has 0 aliphatic rings. The normalized spacial score (nSPS) is 10.6. The molecule has 0 unspecified atom stereocenters. The Kier molecular flexibility index (Phi) is 6.11. The lowest BCUT2D eigenvalue weighted by atomic mass is 10.1. The van der Waals surface area contributed by atoms with Crippen LogP contribution in [-0.2, 0) is 13.1 Å². The number of allylic oxidation sites excluding steroid dienone is 1. The van der Waals surface area contributed by atoms with Gasteiger partial charge in [-0.25, -0.2) is 0 Å². The number of nitrogens with one attached hydrogen (secondary N) is 1. The second-order valence-corrected chi connectivity index (χ2v) is 6.82. The van der Waals surface area contributed by atoms with Gasteiger partial charge in [-0.2, -0.15) is 0 Å². The number of pyridine rings is 1. The summed E-state index contributed by atoms with van der Waals surface area (Å²) in [5.74, 6) is -0.293. The van der Waals surface area contributed by atoms with E-state index in [2.05, 4.69) is 11.9 Å². The van der Waals surface area contributed by atoms with Gasteiger partial charge < -0.3 is 24.5 Å². The van der Waals surface area contributed by atoms with E-state index in [1.807, 2.05) is 31.2 Å². The fourth-order valence-corrected chi connectivity index (χ4v) is 3.25. The van der Waals surface area contributed by atoms with E-state index in [4.69, 9.17) is 9.47 Å². The Morgan fingerprint density at radius 2 is 1.80 bits per heavy atom. The monoisotopic (exact) mass is 408 g/mol. The minimum atomic E-state index is -0.660. The van der Waals surface area contributed by atoms with Crippen LogP contribution in [0.15, 0.2) is 53.8 Å². The third kappa shape index (κ3) is 3.87. The Balaban J connectivity index is 2.11. The number of aromatic nitrogens is 1. The van der Waals surface area contributed by atoms with Crippen molar-refractivity contribution in [3.63, 3.8) is 0 Å². The van der Waals surface area contributed by atoms with Gasteiger partial charge in [0.05, 0.1) is 19.7 Å². The van der Waals surface area contributed by atoms with Crippen LogP contribution in [0.4, 0.5) is 0 Å². The van der Waals surface area contributed by atoms with E-state index in [1.54, 1.807) is 18.2 Å². The summed E-state index contributed by atoms with van der Waals surface area (Å²) in [5, 5.41) is 13.8. The van der Waals surface area contributed by atoms with Crippen molar-refractivity contribution in [2.24, 2.45) is 0 Å². The maximum absolute atomic E-state index is 13.1. The Bertz CT molecular complexity index is 1160. The first-order chi connectivity index (χ1) is 14.4. The van der Waals surface area contributed by atoms with Crippen LogP contribution in [0.2, 0.25) is 0 Å². The average Bonchev–Trinajstić information content (AvgIpc) is 2.75. The van der Waals surface area contributed by atoms with Crippen molar-refractivity contribution < 1.29 is 19.4 Å². The lowest BCUT2D eigenvalue weighted by Crippen LogP contribution is -2.33. The first-order valence-electron chi connectivity index (χ1n) is 9.37. The summed E-state index contributed by atoms with van der Waals surface area (Å²) in [7, 11) is 2.95. The van der Waals surface area contributed by atoms with E-state index in [0.717, 1.165) is 11.1 Å². The molecule has 7 heteroatoms. The highest BCUT2D eigenvalue weighted by Crippen LogP contribution is 2.36. The van der Waals surface area contributed by atoms with E-state index >= 15 is 0 Å². The topological polar surface area (TPSA) is 89.8 Å². The molecule has 0 saturated heterocycles. The molecular weight excluding hydrogens is 384 g/mol.